The van der Waals surface area contributed by atoms with Crippen molar-refractivity contribution in [1.82, 2.24) is 10.3 Å². The van der Waals surface area contributed by atoms with Crippen molar-refractivity contribution < 1.29 is 0 Å². The fraction of sp³-hybridized carbons (Fsp3) is 1.00. The van der Waals surface area contributed by atoms with Crippen LogP contribution < -0.4 is 11.2 Å². The maximum Gasteiger partial charge on any atom is 0.0250 e. The first-order valence-electron chi connectivity index (χ1n) is 7.94. The lowest BCUT2D eigenvalue weighted by atomic mass is 10.1. The Morgan fingerprint density at radius 3 is 1.78 bits per heavy atom. The normalized spacial score (nSPS) is 11.3. The summed E-state index contributed by atoms with van der Waals surface area (Å²) in [6.07, 6.45) is 14.1. The van der Waals surface area contributed by atoms with Gasteiger partial charge in [0, 0.05) is 20.1 Å². The second-order valence-electron chi connectivity index (χ2n) is 5.41. The van der Waals surface area contributed by atoms with Crippen molar-refractivity contribution >= 4 is 0 Å². The maximum atomic E-state index is 5.53. The fourth-order valence-corrected chi connectivity index (χ4v) is 2.12. The Kier molecular flexibility index (Phi) is 14.8. The van der Waals surface area contributed by atoms with Gasteiger partial charge in [0.1, 0.15) is 0 Å². The molecule has 0 aromatic heterocycles. The van der Waals surface area contributed by atoms with E-state index in [4.69, 9.17) is 5.84 Å². The van der Waals surface area contributed by atoms with Crippen LogP contribution in [-0.2, 0) is 0 Å². The number of hydrogen-bond donors (Lipinski definition) is 2. The lowest BCUT2D eigenvalue weighted by Crippen LogP contribution is -2.34. The molecule has 0 aromatic carbocycles. The van der Waals surface area contributed by atoms with Gasteiger partial charge in [-0.05, 0) is 13.0 Å². The van der Waals surface area contributed by atoms with Crippen molar-refractivity contribution in [2.75, 3.05) is 26.7 Å². The molecule has 0 fully saturated rings. The molecular weight excluding hydrogens is 222 g/mol. The van der Waals surface area contributed by atoms with Crippen LogP contribution in [0.3, 0.4) is 0 Å². The molecule has 3 heteroatoms. The minimum atomic E-state index is 0.928. The van der Waals surface area contributed by atoms with Gasteiger partial charge in [-0.2, -0.15) is 0 Å². The zero-order chi connectivity index (χ0) is 13.5. The summed E-state index contributed by atoms with van der Waals surface area (Å²) in [5.74, 6) is 5.53. The topological polar surface area (TPSA) is 41.3 Å². The minimum Gasteiger partial charge on any atom is -0.315 e. The molecule has 0 spiro atoms. The van der Waals surface area contributed by atoms with E-state index in [1.165, 1.54) is 64.2 Å². The molecule has 0 radical (unpaired) electrons. The van der Waals surface area contributed by atoms with Gasteiger partial charge in [0.15, 0.2) is 0 Å². The molecular formula is C15H35N3. The average Bonchev–Trinajstić information content (AvgIpc) is 2.34. The molecule has 110 valence electrons. The third kappa shape index (κ3) is 15.9. The van der Waals surface area contributed by atoms with E-state index in [1.54, 1.807) is 5.01 Å². The van der Waals surface area contributed by atoms with E-state index in [0.29, 0.717) is 0 Å². The molecule has 0 amide bonds. The quantitative estimate of drug-likeness (QED) is 0.285. The van der Waals surface area contributed by atoms with Gasteiger partial charge in [-0.3, -0.25) is 5.84 Å². The van der Waals surface area contributed by atoms with E-state index < -0.39 is 0 Å². The van der Waals surface area contributed by atoms with Crippen LogP contribution in [0.5, 0.6) is 0 Å². The highest BCUT2D eigenvalue weighted by molar-refractivity contribution is 4.52. The molecule has 0 heterocycles. The summed E-state index contributed by atoms with van der Waals surface area (Å²) in [4.78, 5) is 0. The molecule has 18 heavy (non-hydrogen) atoms. The molecule has 3 nitrogen and oxygen atoms in total. The third-order valence-corrected chi connectivity index (χ3v) is 3.35. The van der Waals surface area contributed by atoms with Crippen LogP contribution in [-0.4, -0.2) is 31.7 Å². The van der Waals surface area contributed by atoms with Crippen LogP contribution in [0.2, 0.25) is 0 Å². The number of hydrazine groups is 1. The summed E-state index contributed by atoms with van der Waals surface area (Å²) in [6.45, 7) is 5.35. The fourth-order valence-electron chi connectivity index (χ4n) is 2.12. The summed E-state index contributed by atoms with van der Waals surface area (Å²) in [6, 6.07) is 0. The Labute approximate surface area is 114 Å². The molecule has 0 aliphatic carbocycles. The molecule has 0 aliphatic heterocycles. The van der Waals surface area contributed by atoms with Gasteiger partial charge in [-0.25, -0.2) is 5.01 Å². The smallest absolute Gasteiger partial charge is 0.0250 e. The third-order valence-electron chi connectivity index (χ3n) is 3.35. The molecule has 0 rings (SSSR count). The molecule has 0 saturated heterocycles. The number of nitrogens with two attached hydrogens (primary N) is 1. The van der Waals surface area contributed by atoms with Crippen LogP contribution in [0.25, 0.3) is 0 Å². The van der Waals surface area contributed by atoms with Crippen molar-refractivity contribution in [1.29, 1.82) is 0 Å². The Morgan fingerprint density at radius 1 is 0.778 bits per heavy atom. The molecule has 0 aliphatic rings. The molecule has 0 atom stereocenters. The Balaban J connectivity index is 2.90. The minimum absolute atomic E-state index is 0.928. The largest absolute Gasteiger partial charge is 0.315 e. The molecule has 0 aromatic rings. The lowest BCUT2D eigenvalue weighted by Gasteiger charge is -2.09. The van der Waals surface area contributed by atoms with E-state index in [2.05, 4.69) is 12.2 Å². The number of nitrogens with zero attached hydrogens (tertiary/aromatic N) is 1. The SMILES string of the molecule is CCCCCCCCCCCCNCCN(C)N. The summed E-state index contributed by atoms with van der Waals surface area (Å²) >= 11 is 0. The van der Waals surface area contributed by atoms with Gasteiger partial charge in [0.2, 0.25) is 0 Å². The molecule has 0 bridgehead atoms. The first kappa shape index (κ1) is 17.9. The number of rotatable bonds is 14. The molecule has 3 N–H and O–H groups in total. The van der Waals surface area contributed by atoms with Crippen LogP contribution in [0.1, 0.15) is 71.1 Å². The van der Waals surface area contributed by atoms with Crippen LogP contribution >= 0.6 is 0 Å². The van der Waals surface area contributed by atoms with Gasteiger partial charge in [0.05, 0.1) is 0 Å². The van der Waals surface area contributed by atoms with Gasteiger partial charge >= 0.3 is 0 Å². The van der Waals surface area contributed by atoms with Crippen molar-refractivity contribution in [3.63, 3.8) is 0 Å². The van der Waals surface area contributed by atoms with Crippen LogP contribution in [0.15, 0.2) is 0 Å². The number of nitrogens with one attached hydrogen (secondary N) is 1. The van der Waals surface area contributed by atoms with Gasteiger partial charge < -0.3 is 5.32 Å². The summed E-state index contributed by atoms with van der Waals surface area (Å²) in [5.41, 5.74) is 0. The van der Waals surface area contributed by atoms with E-state index in [-0.39, 0.29) is 0 Å². The first-order chi connectivity index (χ1) is 8.77. The van der Waals surface area contributed by atoms with Crippen molar-refractivity contribution in [2.24, 2.45) is 5.84 Å². The van der Waals surface area contributed by atoms with E-state index in [9.17, 15) is 0 Å². The molecule has 0 unspecified atom stereocenters. The average molecular weight is 257 g/mol. The lowest BCUT2D eigenvalue weighted by molar-refractivity contribution is 0.345. The predicted octanol–water partition coefficient (Wildman–Crippen LogP) is 3.30. The standard InChI is InChI=1S/C15H35N3/c1-3-4-5-6-7-8-9-10-11-12-13-17-14-15-18(2)16/h17H,3-16H2,1-2H3. The zero-order valence-electron chi connectivity index (χ0n) is 12.7. The number of unbranched alkanes of at least 4 members (excludes halogenated alkanes) is 9. The van der Waals surface area contributed by atoms with Gasteiger partial charge in [0.25, 0.3) is 0 Å². The zero-order valence-corrected chi connectivity index (χ0v) is 12.7. The Hall–Kier alpha value is -0.120. The number of hydrogen-bond acceptors (Lipinski definition) is 3. The Bertz CT molecular complexity index is 149. The van der Waals surface area contributed by atoms with E-state index in [1.807, 2.05) is 7.05 Å². The predicted molar refractivity (Wildman–Crippen MR) is 81.5 cm³/mol. The first-order valence-corrected chi connectivity index (χ1v) is 7.94. The highest BCUT2D eigenvalue weighted by Crippen LogP contribution is 2.10. The van der Waals surface area contributed by atoms with Crippen LogP contribution in [0.4, 0.5) is 0 Å². The Morgan fingerprint density at radius 2 is 1.28 bits per heavy atom. The second kappa shape index (κ2) is 14.9. The van der Waals surface area contributed by atoms with Crippen molar-refractivity contribution in [2.45, 2.75) is 71.1 Å². The van der Waals surface area contributed by atoms with Gasteiger partial charge in [-0.1, -0.05) is 64.7 Å². The van der Waals surface area contributed by atoms with E-state index >= 15 is 0 Å². The highest BCUT2D eigenvalue weighted by atomic mass is 15.4. The molecule has 0 saturated carbocycles. The van der Waals surface area contributed by atoms with Crippen molar-refractivity contribution in [3.05, 3.63) is 0 Å². The number of likely N-dealkylation sites (N-methyl/N-ethyl adjacent to an activating group) is 1. The maximum absolute atomic E-state index is 5.53. The highest BCUT2D eigenvalue weighted by Gasteiger charge is 1.93. The summed E-state index contributed by atoms with van der Waals surface area (Å²) in [5, 5.41) is 5.15. The second-order valence-corrected chi connectivity index (χ2v) is 5.41. The summed E-state index contributed by atoms with van der Waals surface area (Å²) in [7, 11) is 1.90. The van der Waals surface area contributed by atoms with Gasteiger partial charge in [-0.15, -0.1) is 0 Å². The van der Waals surface area contributed by atoms with Crippen molar-refractivity contribution in [3.8, 4) is 0 Å². The summed E-state index contributed by atoms with van der Waals surface area (Å²) < 4.78 is 0. The van der Waals surface area contributed by atoms with E-state index in [0.717, 1.165) is 19.6 Å². The monoisotopic (exact) mass is 257 g/mol. The van der Waals surface area contributed by atoms with Crippen LogP contribution in [0, 0.1) is 0 Å².